The summed E-state index contributed by atoms with van der Waals surface area (Å²) < 4.78 is 10.2. The van der Waals surface area contributed by atoms with Crippen LogP contribution in [0.3, 0.4) is 0 Å². The van der Waals surface area contributed by atoms with E-state index >= 15 is 0 Å². The number of ether oxygens (including phenoxy) is 2. The van der Waals surface area contributed by atoms with Crippen LogP contribution in [0.5, 0.6) is 0 Å². The lowest BCUT2D eigenvalue weighted by Gasteiger charge is -2.14. The summed E-state index contributed by atoms with van der Waals surface area (Å²) in [4.78, 5) is 24.6. The maximum atomic E-state index is 12.3. The fourth-order valence-corrected chi connectivity index (χ4v) is 2.92. The van der Waals surface area contributed by atoms with E-state index in [-0.39, 0.29) is 25.0 Å². The van der Waals surface area contributed by atoms with E-state index in [1.807, 2.05) is 49.4 Å². The first-order valence-corrected chi connectivity index (χ1v) is 7.66. The van der Waals surface area contributed by atoms with Gasteiger partial charge in [-0.25, -0.2) is 0 Å². The van der Waals surface area contributed by atoms with Crippen molar-refractivity contribution in [2.24, 2.45) is 17.3 Å². The molecular formula is C18H22O4. The minimum absolute atomic E-state index is 0.120. The standard InChI is InChI=1S/C18H22O4/c1-4-21-16(19)18(17(20)22-5-2)13(3)15(18)12-11-14-9-7-6-8-10-14/h6-13,15H,4-5H2,1-3H3/b12-11+/t13-,15-/m0/s1. The lowest BCUT2D eigenvalue weighted by molar-refractivity contribution is -0.165. The Labute approximate surface area is 131 Å². The molecule has 1 aromatic rings. The Balaban J connectivity index is 2.22. The van der Waals surface area contributed by atoms with Gasteiger partial charge < -0.3 is 9.47 Å². The van der Waals surface area contributed by atoms with E-state index in [1.54, 1.807) is 13.8 Å². The highest BCUT2D eigenvalue weighted by Gasteiger charge is 2.73. The molecule has 1 saturated carbocycles. The van der Waals surface area contributed by atoms with Gasteiger partial charge in [0.25, 0.3) is 0 Å². The average molecular weight is 302 g/mol. The molecular weight excluding hydrogens is 280 g/mol. The van der Waals surface area contributed by atoms with Gasteiger partial charge in [0.2, 0.25) is 0 Å². The van der Waals surface area contributed by atoms with Crippen molar-refractivity contribution in [1.82, 2.24) is 0 Å². The van der Waals surface area contributed by atoms with E-state index in [0.717, 1.165) is 5.56 Å². The van der Waals surface area contributed by atoms with E-state index in [9.17, 15) is 9.59 Å². The maximum Gasteiger partial charge on any atom is 0.324 e. The molecule has 1 aromatic carbocycles. The highest BCUT2D eigenvalue weighted by atomic mass is 16.6. The van der Waals surface area contributed by atoms with Gasteiger partial charge in [0, 0.05) is 5.92 Å². The number of carbonyl (C=O) groups excluding carboxylic acids is 2. The highest BCUT2D eigenvalue weighted by molar-refractivity contribution is 6.05. The van der Waals surface area contributed by atoms with Gasteiger partial charge in [0.05, 0.1) is 13.2 Å². The van der Waals surface area contributed by atoms with Gasteiger partial charge in [-0.1, -0.05) is 49.4 Å². The minimum atomic E-state index is -1.18. The van der Waals surface area contributed by atoms with Crippen LogP contribution in [-0.4, -0.2) is 25.2 Å². The molecule has 2 rings (SSSR count). The minimum Gasteiger partial charge on any atom is -0.465 e. The van der Waals surface area contributed by atoms with Crippen molar-refractivity contribution >= 4 is 18.0 Å². The van der Waals surface area contributed by atoms with Gasteiger partial charge >= 0.3 is 11.9 Å². The van der Waals surface area contributed by atoms with E-state index in [1.165, 1.54) is 0 Å². The zero-order valence-corrected chi connectivity index (χ0v) is 13.2. The highest BCUT2D eigenvalue weighted by Crippen LogP contribution is 2.61. The third kappa shape index (κ3) is 2.78. The Morgan fingerprint density at radius 3 is 2.14 bits per heavy atom. The summed E-state index contributed by atoms with van der Waals surface area (Å²) in [5.74, 6) is -1.27. The Morgan fingerprint density at radius 1 is 1.09 bits per heavy atom. The van der Waals surface area contributed by atoms with Crippen molar-refractivity contribution in [3.8, 4) is 0 Å². The third-order valence-electron chi connectivity index (χ3n) is 4.20. The molecule has 0 heterocycles. The van der Waals surface area contributed by atoms with Gasteiger partial charge in [-0.15, -0.1) is 0 Å². The summed E-state index contributed by atoms with van der Waals surface area (Å²) >= 11 is 0. The van der Waals surface area contributed by atoms with Crippen LogP contribution in [-0.2, 0) is 19.1 Å². The molecule has 1 aliphatic rings. The second-order valence-electron chi connectivity index (χ2n) is 5.39. The van der Waals surface area contributed by atoms with Gasteiger partial charge in [0.15, 0.2) is 5.41 Å². The summed E-state index contributed by atoms with van der Waals surface area (Å²) in [6.07, 6.45) is 3.84. The largest absolute Gasteiger partial charge is 0.465 e. The van der Waals surface area contributed by atoms with Gasteiger partial charge in [-0.05, 0) is 25.3 Å². The molecule has 2 atom stereocenters. The molecule has 118 valence electrons. The Bertz CT molecular complexity index is 544. The number of rotatable bonds is 6. The SMILES string of the molecule is CCOC(=O)C1(C(=O)OCC)[C@@H](C)[C@@H]1/C=C/c1ccccc1. The summed E-state index contributed by atoms with van der Waals surface area (Å²) in [7, 11) is 0. The molecule has 0 aliphatic heterocycles. The van der Waals surface area contributed by atoms with Crippen LogP contribution in [0.15, 0.2) is 36.4 Å². The van der Waals surface area contributed by atoms with E-state index in [4.69, 9.17) is 9.47 Å². The molecule has 0 amide bonds. The first-order chi connectivity index (χ1) is 10.6. The van der Waals surface area contributed by atoms with Crippen LogP contribution in [0, 0.1) is 17.3 Å². The smallest absolute Gasteiger partial charge is 0.324 e. The van der Waals surface area contributed by atoms with Gasteiger partial charge in [-0.2, -0.15) is 0 Å². The van der Waals surface area contributed by atoms with Crippen molar-refractivity contribution < 1.29 is 19.1 Å². The number of allylic oxidation sites excluding steroid dienone is 1. The number of carbonyl (C=O) groups is 2. The number of hydrogen-bond donors (Lipinski definition) is 0. The molecule has 0 saturated heterocycles. The van der Waals surface area contributed by atoms with E-state index < -0.39 is 17.4 Å². The molecule has 0 aromatic heterocycles. The van der Waals surface area contributed by atoms with Crippen molar-refractivity contribution in [1.29, 1.82) is 0 Å². The summed E-state index contributed by atoms with van der Waals surface area (Å²) in [6.45, 7) is 5.86. The first-order valence-electron chi connectivity index (χ1n) is 7.66. The van der Waals surface area contributed by atoms with E-state index in [0.29, 0.717) is 0 Å². The molecule has 4 heteroatoms. The zero-order valence-electron chi connectivity index (χ0n) is 13.2. The fraction of sp³-hybridized carbons (Fsp3) is 0.444. The molecule has 1 fully saturated rings. The Morgan fingerprint density at radius 2 is 1.64 bits per heavy atom. The van der Waals surface area contributed by atoms with Crippen molar-refractivity contribution in [2.75, 3.05) is 13.2 Å². The number of hydrogen-bond acceptors (Lipinski definition) is 4. The van der Waals surface area contributed by atoms with Gasteiger partial charge in [0.1, 0.15) is 0 Å². The molecule has 1 aliphatic carbocycles. The summed E-state index contributed by atoms with van der Waals surface area (Å²) in [5.41, 5.74) is -0.152. The lowest BCUT2D eigenvalue weighted by atomic mass is 10.0. The summed E-state index contributed by atoms with van der Waals surface area (Å²) in [5, 5.41) is 0. The normalized spacial score (nSPS) is 22.3. The summed E-state index contributed by atoms with van der Waals surface area (Å²) in [6, 6.07) is 9.78. The fourth-order valence-electron chi connectivity index (χ4n) is 2.92. The molecule has 4 nitrogen and oxygen atoms in total. The van der Waals surface area contributed by atoms with E-state index in [2.05, 4.69) is 0 Å². The Kier molecular flexibility index (Phi) is 5.01. The maximum absolute atomic E-state index is 12.3. The second kappa shape index (κ2) is 6.77. The number of benzene rings is 1. The zero-order chi connectivity index (χ0) is 16.2. The van der Waals surface area contributed by atoms with Crippen molar-refractivity contribution in [2.45, 2.75) is 20.8 Å². The molecule has 0 spiro atoms. The van der Waals surface area contributed by atoms with Crippen molar-refractivity contribution in [3.63, 3.8) is 0 Å². The predicted octanol–water partition coefficient (Wildman–Crippen LogP) is 3.08. The van der Waals surface area contributed by atoms with Crippen LogP contribution in [0.25, 0.3) is 6.08 Å². The number of esters is 2. The molecule has 0 unspecified atom stereocenters. The third-order valence-corrected chi connectivity index (χ3v) is 4.20. The average Bonchev–Trinajstić information content (AvgIpc) is 3.12. The van der Waals surface area contributed by atoms with Crippen LogP contribution in [0.4, 0.5) is 0 Å². The molecule has 22 heavy (non-hydrogen) atoms. The molecule has 0 radical (unpaired) electrons. The van der Waals surface area contributed by atoms with Crippen LogP contribution in [0.2, 0.25) is 0 Å². The topological polar surface area (TPSA) is 52.6 Å². The predicted molar refractivity (Wildman–Crippen MR) is 83.8 cm³/mol. The molecule has 0 bridgehead atoms. The van der Waals surface area contributed by atoms with Crippen LogP contribution < -0.4 is 0 Å². The van der Waals surface area contributed by atoms with Crippen LogP contribution >= 0.6 is 0 Å². The Hall–Kier alpha value is -2.10. The van der Waals surface area contributed by atoms with Gasteiger partial charge in [-0.3, -0.25) is 9.59 Å². The quantitative estimate of drug-likeness (QED) is 0.598. The first kappa shape index (κ1) is 16.3. The lowest BCUT2D eigenvalue weighted by Crippen LogP contribution is -2.33. The second-order valence-corrected chi connectivity index (χ2v) is 5.39. The monoisotopic (exact) mass is 302 g/mol. The molecule has 0 N–H and O–H groups in total. The van der Waals surface area contributed by atoms with Crippen LogP contribution in [0.1, 0.15) is 26.3 Å². The van der Waals surface area contributed by atoms with Crippen molar-refractivity contribution in [3.05, 3.63) is 42.0 Å².